The number of halogens is 1. The molecule has 1 aromatic rings. The third-order valence-corrected chi connectivity index (χ3v) is 2.49. The van der Waals surface area contributed by atoms with Crippen LogP contribution in [0, 0.1) is 3.57 Å². The number of anilines is 1. The van der Waals surface area contributed by atoms with E-state index in [0.29, 0.717) is 5.69 Å². The number of carboxylic acid groups (broad SMARTS) is 1. The Morgan fingerprint density at radius 3 is 2.75 bits per heavy atom. The lowest BCUT2D eigenvalue weighted by Gasteiger charge is -2.07. The largest absolute Gasteiger partial charge is 0.478 e. The van der Waals surface area contributed by atoms with Gasteiger partial charge in [0, 0.05) is 9.99 Å². The molecule has 16 heavy (non-hydrogen) atoms. The van der Waals surface area contributed by atoms with Gasteiger partial charge in [0.05, 0.1) is 11.3 Å². The first-order chi connectivity index (χ1) is 7.54. The first kappa shape index (κ1) is 12.7. The Kier molecular flexibility index (Phi) is 4.48. The van der Waals surface area contributed by atoms with Crippen LogP contribution in [-0.2, 0) is 4.79 Å². The molecule has 5 heteroatoms. The van der Waals surface area contributed by atoms with Crippen molar-refractivity contribution in [2.45, 2.75) is 6.42 Å². The van der Waals surface area contributed by atoms with Crippen LogP contribution in [-0.4, -0.2) is 17.0 Å². The number of hydrogen-bond donors (Lipinski definition) is 2. The molecule has 1 rings (SSSR count). The van der Waals surface area contributed by atoms with E-state index >= 15 is 0 Å². The summed E-state index contributed by atoms with van der Waals surface area (Å²) < 4.78 is 0.803. The molecule has 0 spiro atoms. The van der Waals surface area contributed by atoms with E-state index in [9.17, 15) is 9.59 Å². The predicted molar refractivity (Wildman–Crippen MR) is 69.6 cm³/mol. The summed E-state index contributed by atoms with van der Waals surface area (Å²) in [6, 6.07) is 4.81. The maximum absolute atomic E-state index is 11.3. The molecule has 0 fully saturated rings. The molecule has 0 unspecified atom stereocenters. The smallest absolute Gasteiger partial charge is 0.337 e. The molecular formula is C11H10INO3. The number of carbonyl (C=O) groups is 2. The molecular weight excluding hydrogens is 321 g/mol. The molecule has 0 aromatic heterocycles. The number of carboxylic acids is 1. The Labute approximate surface area is 106 Å². The second kappa shape index (κ2) is 5.64. The molecule has 0 heterocycles. The number of nitrogens with one attached hydrogen (secondary N) is 1. The first-order valence-electron chi connectivity index (χ1n) is 4.48. The number of hydrogen-bond acceptors (Lipinski definition) is 2. The third kappa shape index (κ3) is 3.34. The van der Waals surface area contributed by atoms with Crippen LogP contribution in [0.2, 0.25) is 0 Å². The van der Waals surface area contributed by atoms with Gasteiger partial charge >= 0.3 is 5.97 Å². The fraction of sp³-hybridized carbons (Fsp3) is 0.0909. The summed E-state index contributed by atoms with van der Waals surface area (Å²) in [7, 11) is 0. The van der Waals surface area contributed by atoms with Crippen molar-refractivity contribution in [3.63, 3.8) is 0 Å². The minimum atomic E-state index is -1.06. The zero-order valence-corrected chi connectivity index (χ0v) is 10.5. The number of rotatable bonds is 4. The van der Waals surface area contributed by atoms with Crippen LogP contribution in [0.1, 0.15) is 16.8 Å². The van der Waals surface area contributed by atoms with Crippen molar-refractivity contribution >= 4 is 40.2 Å². The Morgan fingerprint density at radius 2 is 2.19 bits per heavy atom. The summed E-state index contributed by atoms with van der Waals surface area (Å²) >= 11 is 2.01. The number of amides is 1. The second-order valence-corrected chi connectivity index (χ2v) is 4.28. The van der Waals surface area contributed by atoms with Crippen molar-refractivity contribution in [3.05, 3.63) is 40.0 Å². The molecule has 0 saturated carbocycles. The van der Waals surface area contributed by atoms with Crippen molar-refractivity contribution in [3.8, 4) is 0 Å². The zero-order valence-electron chi connectivity index (χ0n) is 8.37. The molecule has 0 aliphatic rings. The molecule has 0 saturated heterocycles. The second-order valence-electron chi connectivity index (χ2n) is 3.04. The van der Waals surface area contributed by atoms with E-state index in [1.165, 1.54) is 12.1 Å². The van der Waals surface area contributed by atoms with Gasteiger partial charge in [0.2, 0.25) is 5.91 Å². The van der Waals surface area contributed by atoms with E-state index in [-0.39, 0.29) is 17.9 Å². The lowest BCUT2D eigenvalue weighted by Crippen LogP contribution is -2.13. The van der Waals surface area contributed by atoms with Gasteiger partial charge < -0.3 is 10.4 Å². The van der Waals surface area contributed by atoms with Gasteiger partial charge in [-0.3, -0.25) is 4.79 Å². The van der Waals surface area contributed by atoms with Crippen LogP contribution in [0.4, 0.5) is 5.69 Å². The van der Waals surface area contributed by atoms with Crippen LogP contribution >= 0.6 is 22.6 Å². The van der Waals surface area contributed by atoms with E-state index in [2.05, 4.69) is 11.9 Å². The molecule has 1 aromatic carbocycles. The maximum Gasteiger partial charge on any atom is 0.337 e. The third-order valence-electron chi connectivity index (χ3n) is 1.82. The Balaban J connectivity index is 2.99. The van der Waals surface area contributed by atoms with Crippen molar-refractivity contribution in [1.82, 2.24) is 0 Å². The van der Waals surface area contributed by atoms with Gasteiger partial charge in [0.15, 0.2) is 0 Å². The number of aromatic carboxylic acids is 1. The highest BCUT2D eigenvalue weighted by atomic mass is 127. The van der Waals surface area contributed by atoms with Crippen molar-refractivity contribution in [2.24, 2.45) is 0 Å². The number of benzene rings is 1. The molecule has 0 radical (unpaired) electrons. The topological polar surface area (TPSA) is 66.4 Å². The highest BCUT2D eigenvalue weighted by Gasteiger charge is 2.12. The average molecular weight is 331 g/mol. The zero-order chi connectivity index (χ0) is 12.1. The van der Waals surface area contributed by atoms with Gasteiger partial charge in [-0.15, -0.1) is 6.58 Å². The lowest BCUT2D eigenvalue weighted by molar-refractivity contribution is -0.115. The van der Waals surface area contributed by atoms with E-state index in [1.54, 1.807) is 12.1 Å². The normalized spacial score (nSPS) is 9.56. The molecule has 0 atom stereocenters. The van der Waals surface area contributed by atoms with Gasteiger partial charge in [-0.25, -0.2) is 4.79 Å². The highest BCUT2D eigenvalue weighted by molar-refractivity contribution is 14.1. The van der Waals surface area contributed by atoms with Crippen molar-refractivity contribution < 1.29 is 14.7 Å². The Morgan fingerprint density at radius 1 is 1.50 bits per heavy atom. The van der Waals surface area contributed by atoms with Gasteiger partial charge in [-0.05, 0) is 40.8 Å². The van der Waals surface area contributed by atoms with Crippen molar-refractivity contribution in [1.29, 1.82) is 0 Å². The van der Waals surface area contributed by atoms with Gasteiger partial charge in [0.1, 0.15) is 0 Å². The lowest BCUT2D eigenvalue weighted by atomic mass is 10.2. The SMILES string of the molecule is C=CCC(=O)Nc1ccc(I)cc1C(=O)O. The van der Waals surface area contributed by atoms with Crippen LogP contribution in [0.25, 0.3) is 0 Å². The first-order valence-corrected chi connectivity index (χ1v) is 5.56. The van der Waals surface area contributed by atoms with Crippen LogP contribution in [0.5, 0.6) is 0 Å². The van der Waals surface area contributed by atoms with Crippen LogP contribution < -0.4 is 5.32 Å². The Bertz CT molecular complexity index is 443. The molecule has 84 valence electrons. The van der Waals surface area contributed by atoms with Crippen LogP contribution in [0.15, 0.2) is 30.9 Å². The molecule has 4 nitrogen and oxygen atoms in total. The summed E-state index contributed by atoms with van der Waals surface area (Å²) in [4.78, 5) is 22.2. The summed E-state index contributed by atoms with van der Waals surface area (Å²) in [5, 5.41) is 11.5. The van der Waals surface area contributed by atoms with E-state index in [1.807, 2.05) is 22.6 Å². The maximum atomic E-state index is 11.3. The molecule has 0 aliphatic heterocycles. The average Bonchev–Trinajstić information content (AvgIpc) is 2.20. The molecule has 0 bridgehead atoms. The van der Waals surface area contributed by atoms with Crippen LogP contribution in [0.3, 0.4) is 0 Å². The van der Waals surface area contributed by atoms with Gasteiger partial charge in [0.25, 0.3) is 0 Å². The van der Waals surface area contributed by atoms with E-state index in [0.717, 1.165) is 3.57 Å². The minimum Gasteiger partial charge on any atom is -0.478 e. The highest BCUT2D eigenvalue weighted by Crippen LogP contribution is 2.19. The van der Waals surface area contributed by atoms with E-state index < -0.39 is 5.97 Å². The predicted octanol–water partition coefficient (Wildman–Crippen LogP) is 2.50. The van der Waals surface area contributed by atoms with Crippen molar-refractivity contribution in [2.75, 3.05) is 5.32 Å². The fourth-order valence-electron chi connectivity index (χ4n) is 1.13. The minimum absolute atomic E-state index is 0.0873. The Hall–Kier alpha value is -1.37. The summed E-state index contributed by atoms with van der Waals surface area (Å²) in [5.41, 5.74) is 0.393. The summed E-state index contributed by atoms with van der Waals surface area (Å²) in [5.74, 6) is -1.34. The van der Waals surface area contributed by atoms with E-state index in [4.69, 9.17) is 5.11 Å². The number of carbonyl (C=O) groups excluding carboxylic acids is 1. The summed E-state index contributed by atoms with van der Waals surface area (Å²) in [6.07, 6.45) is 1.62. The molecule has 2 N–H and O–H groups in total. The fourth-order valence-corrected chi connectivity index (χ4v) is 1.63. The molecule has 1 amide bonds. The summed E-state index contributed by atoms with van der Waals surface area (Å²) in [6.45, 7) is 3.44. The quantitative estimate of drug-likeness (QED) is 0.658. The van der Waals surface area contributed by atoms with Gasteiger partial charge in [-0.1, -0.05) is 6.08 Å². The standard InChI is InChI=1S/C11H10INO3/c1-2-3-10(14)13-9-5-4-7(12)6-8(9)11(15)16/h2,4-6H,1,3H2,(H,13,14)(H,15,16). The van der Waals surface area contributed by atoms with Gasteiger partial charge in [-0.2, -0.15) is 0 Å². The monoisotopic (exact) mass is 331 g/mol. The molecule has 0 aliphatic carbocycles.